The van der Waals surface area contributed by atoms with E-state index >= 15 is 0 Å². The van der Waals surface area contributed by atoms with Gasteiger partial charge in [0.1, 0.15) is 5.69 Å². The number of aromatic nitrogens is 1. The van der Waals surface area contributed by atoms with E-state index in [0.717, 1.165) is 17.3 Å². The van der Waals surface area contributed by atoms with Gasteiger partial charge in [-0.3, -0.25) is 0 Å². The monoisotopic (exact) mass is 256 g/mol. The van der Waals surface area contributed by atoms with Crippen molar-refractivity contribution in [3.63, 3.8) is 0 Å². The number of carbonyl (C=O) groups excluding carboxylic acids is 1. The number of esters is 1. The Kier molecular flexibility index (Phi) is 4.19. The molecule has 0 aliphatic rings. The number of para-hydroxylation sites is 1. The van der Waals surface area contributed by atoms with E-state index in [-0.39, 0.29) is 5.97 Å². The number of hydrogen-bond donors (Lipinski definition) is 0. The molecule has 0 amide bonds. The van der Waals surface area contributed by atoms with E-state index in [4.69, 9.17) is 10.00 Å². The molecular formula is C15H16N2O2. The first-order valence-electron chi connectivity index (χ1n) is 6.40. The number of nitriles is 1. The van der Waals surface area contributed by atoms with Crippen molar-refractivity contribution in [3.8, 4) is 6.07 Å². The van der Waals surface area contributed by atoms with Gasteiger partial charge in [-0.15, -0.1) is 0 Å². The average molecular weight is 256 g/mol. The van der Waals surface area contributed by atoms with Gasteiger partial charge in [0, 0.05) is 23.9 Å². The van der Waals surface area contributed by atoms with E-state index in [1.807, 2.05) is 34.9 Å². The third-order valence-corrected chi connectivity index (χ3v) is 2.97. The molecule has 0 unspecified atom stereocenters. The van der Waals surface area contributed by atoms with Crippen LogP contribution in [-0.2, 0) is 11.3 Å². The Morgan fingerprint density at radius 2 is 2.21 bits per heavy atom. The molecule has 1 aromatic heterocycles. The minimum absolute atomic E-state index is 0.310. The molecule has 98 valence electrons. The summed E-state index contributed by atoms with van der Waals surface area (Å²) in [5.41, 5.74) is 1.56. The molecule has 0 N–H and O–H groups in total. The second-order valence-electron chi connectivity index (χ2n) is 4.22. The zero-order valence-electron chi connectivity index (χ0n) is 10.9. The average Bonchev–Trinajstić information content (AvgIpc) is 2.79. The molecule has 0 aliphatic heterocycles. The van der Waals surface area contributed by atoms with Crippen LogP contribution >= 0.6 is 0 Å². The van der Waals surface area contributed by atoms with Crippen LogP contribution < -0.4 is 0 Å². The molecule has 0 radical (unpaired) electrons. The lowest BCUT2D eigenvalue weighted by Gasteiger charge is -2.08. The first-order chi connectivity index (χ1) is 9.27. The summed E-state index contributed by atoms with van der Waals surface area (Å²) in [7, 11) is 0. The van der Waals surface area contributed by atoms with Crippen LogP contribution in [0.5, 0.6) is 0 Å². The van der Waals surface area contributed by atoms with Crippen LogP contribution in [0.1, 0.15) is 30.3 Å². The third-order valence-electron chi connectivity index (χ3n) is 2.97. The lowest BCUT2D eigenvalue weighted by Crippen LogP contribution is -2.12. The number of benzene rings is 1. The number of ether oxygens (including phenoxy) is 1. The lowest BCUT2D eigenvalue weighted by molar-refractivity contribution is 0.0514. The van der Waals surface area contributed by atoms with Crippen molar-refractivity contribution in [2.45, 2.75) is 26.3 Å². The minimum atomic E-state index is -0.310. The molecule has 2 rings (SSSR count). The maximum atomic E-state index is 12.0. The number of hydrogen-bond acceptors (Lipinski definition) is 3. The Hall–Kier alpha value is -2.28. The number of unbranched alkanes of at least 4 members (excludes halogenated alkanes) is 1. The maximum Gasteiger partial charge on any atom is 0.354 e. The summed E-state index contributed by atoms with van der Waals surface area (Å²) in [5.74, 6) is -0.310. The number of carbonyl (C=O) groups is 1. The van der Waals surface area contributed by atoms with Crippen molar-refractivity contribution in [3.05, 3.63) is 36.0 Å². The van der Waals surface area contributed by atoms with Crippen LogP contribution in [0.2, 0.25) is 0 Å². The fourth-order valence-corrected chi connectivity index (χ4v) is 2.14. The molecule has 19 heavy (non-hydrogen) atoms. The summed E-state index contributed by atoms with van der Waals surface area (Å²) in [6.07, 6.45) is 1.20. The zero-order valence-corrected chi connectivity index (χ0v) is 10.9. The van der Waals surface area contributed by atoms with Crippen molar-refractivity contribution < 1.29 is 9.53 Å². The van der Waals surface area contributed by atoms with E-state index in [9.17, 15) is 4.79 Å². The molecular weight excluding hydrogens is 240 g/mol. The lowest BCUT2D eigenvalue weighted by atomic mass is 10.2. The van der Waals surface area contributed by atoms with E-state index in [0.29, 0.717) is 25.3 Å². The quantitative estimate of drug-likeness (QED) is 0.610. The van der Waals surface area contributed by atoms with Crippen molar-refractivity contribution in [2.75, 3.05) is 6.61 Å². The van der Waals surface area contributed by atoms with Gasteiger partial charge in [0.25, 0.3) is 0 Å². The Bertz CT molecular complexity index is 623. The first kappa shape index (κ1) is 13.2. The Balaban J connectivity index is 2.40. The Labute approximate surface area is 112 Å². The summed E-state index contributed by atoms with van der Waals surface area (Å²) in [4.78, 5) is 12.0. The molecule has 0 saturated carbocycles. The molecule has 4 heteroatoms. The van der Waals surface area contributed by atoms with E-state index in [2.05, 4.69) is 6.07 Å². The summed E-state index contributed by atoms with van der Waals surface area (Å²) < 4.78 is 7.01. The predicted molar refractivity (Wildman–Crippen MR) is 72.7 cm³/mol. The van der Waals surface area contributed by atoms with Crippen molar-refractivity contribution in [2.24, 2.45) is 0 Å². The second-order valence-corrected chi connectivity index (χ2v) is 4.22. The maximum absolute atomic E-state index is 12.0. The van der Waals surface area contributed by atoms with Crippen LogP contribution in [-0.4, -0.2) is 17.1 Å². The van der Waals surface area contributed by atoms with Gasteiger partial charge in [0.2, 0.25) is 0 Å². The van der Waals surface area contributed by atoms with Crippen LogP contribution in [0.15, 0.2) is 30.3 Å². The molecule has 1 heterocycles. The molecule has 0 fully saturated rings. The zero-order chi connectivity index (χ0) is 13.7. The normalized spacial score (nSPS) is 10.3. The minimum Gasteiger partial charge on any atom is -0.461 e. The highest BCUT2D eigenvalue weighted by molar-refractivity contribution is 5.95. The van der Waals surface area contributed by atoms with E-state index in [1.54, 1.807) is 6.92 Å². The standard InChI is InChI=1S/C15H16N2O2/c1-2-19-15(18)14-11-12-7-3-4-8-13(12)17(14)10-6-5-9-16/h3-4,7-8,11H,2,5-6,10H2,1H3. The molecule has 0 atom stereocenters. The fraction of sp³-hybridized carbons (Fsp3) is 0.333. The van der Waals surface area contributed by atoms with Crippen LogP contribution in [0.25, 0.3) is 10.9 Å². The van der Waals surface area contributed by atoms with Gasteiger partial charge in [0.15, 0.2) is 0 Å². The van der Waals surface area contributed by atoms with Gasteiger partial charge in [-0.2, -0.15) is 5.26 Å². The number of rotatable bonds is 5. The predicted octanol–water partition coefficient (Wildman–Crippen LogP) is 3.12. The first-order valence-corrected chi connectivity index (χ1v) is 6.40. The molecule has 0 saturated heterocycles. The van der Waals surface area contributed by atoms with Gasteiger partial charge in [-0.05, 0) is 25.5 Å². The van der Waals surface area contributed by atoms with Gasteiger partial charge in [-0.25, -0.2) is 4.79 Å². The van der Waals surface area contributed by atoms with Gasteiger partial charge >= 0.3 is 5.97 Å². The van der Waals surface area contributed by atoms with Crippen LogP contribution in [0.3, 0.4) is 0 Å². The van der Waals surface area contributed by atoms with Crippen molar-refractivity contribution >= 4 is 16.9 Å². The smallest absolute Gasteiger partial charge is 0.354 e. The summed E-state index contributed by atoms with van der Waals surface area (Å²) >= 11 is 0. The highest BCUT2D eigenvalue weighted by Gasteiger charge is 2.15. The summed E-state index contributed by atoms with van der Waals surface area (Å²) in [5, 5.41) is 9.64. The number of nitrogens with zero attached hydrogens (tertiary/aromatic N) is 2. The van der Waals surface area contributed by atoms with Crippen molar-refractivity contribution in [1.29, 1.82) is 5.26 Å². The van der Waals surface area contributed by atoms with E-state index in [1.165, 1.54) is 0 Å². The summed E-state index contributed by atoms with van der Waals surface area (Å²) in [6, 6.07) is 11.8. The largest absolute Gasteiger partial charge is 0.461 e. The fourth-order valence-electron chi connectivity index (χ4n) is 2.14. The number of aryl methyl sites for hydroxylation is 1. The van der Waals surface area contributed by atoms with E-state index < -0.39 is 0 Å². The molecule has 0 bridgehead atoms. The van der Waals surface area contributed by atoms with Gasteiger partial charge < -0.3 is 9.30 Å². The molecule has 0 spiro atoms. The molecule has 4 nitrogen and oxygen atoms in total. The molecule has 0 aliphatic carbocycles. The molecule has 1 aromatic carbocycles. The van der Waals surface area contributed by atoms with Gasteiger partial charge in [-0.1, -0.05) is 18.2 Å². The highest BCUT2D eigenvalue weighted by Crippen LogP contribution is 2.21. The van der Waals surface area contributed by atoms with Crippen LogP contribution in [0.4, 0.5) is 0 Å². The van der Waals surface area contributed by atoms with Crippen LogP contribution in [0, 0.1) is 11.3 Å². The summed E-state index contributed by atoms with van der Waals surface area (Å²) in [6.45, 7) is 2.80. The van der Waals surface area contributed by atoms with Crippen molar-refractivity contribution in [1.82, 2.24) is 4.57 Å². The highest BCUT2D eigenvalue weighted by atomic mass is 16.5. The number of fused-ring (bicyclic) bond motifs is 1. The third kappa shape index (κ3) is 2.76. The SMILES string of the molecule is CCOC(=O)c1cc2ccccc2n1CCCC#N. The molecule has 2 aromatic rings. The Morgan fingerprint density at radius 3 is 2.95 bits per heavy atom. The van der Waals surface area contributed by atoms with Gasteiger partial charge in [0.05, 0.1) is 12.7 Å². The topological polar surface area (TPSA) is 55.0 Å². The second kappa shape index (κ2) is 6.05. The Morgan fingerprint density at radius 1 is 1.42 bits per heavy atom.